The molecule has 7 nitrogen and oxygen atoms in total. The van der Waals surface area contributed by atoms with E-state index in [0.717, 1.165) is 13.0 Å². The summed E-state index contributed by atoms with van der Waals surface area (Å²) in [5.74, 6) is 0. The zero-order chi connectivity index (χ0) is 15.6. The van der Waals surface area contributed by atoms with Gasteiger partial charge in [0.1, 0.15) is 0 Å². The van der Waals surface area contributed by atoms with Gasteiger partial charge >= 0.3 is 0 Å². The molecule has 1 aliphatic heterocycles. The van der Waals surface area contributed by atoms with Crippen LogP contribution in [0.1, 0.15) is 18.9 Å². The van der Waals surface area contributed by atoms with Crippen molar-refractivity contribution in [3.05, 3.63) is 33.9 Å². The van der Waals surface area contributed by atoms with Crippen LogP contribution in [0.2, 0.25) is 0 Å². The highest BCUT2D eigenvalue weighted by molar-refractivity contribution is 7.89. The lowest BCUT2D eigenvalue weighted by molar-refractivity contribution is -0.385. The largest absolute Gasteiger partial charge is 0.315 e. The van der Waals surface area contributed by atoms with Gasteiger partial charge in [-0.1, -0.05) is 6.92 Å². The number of hydrogen-bond acceptors (Lipinski definition) is 5. The molecule has 1 fully saturated rings. The van der Waals surface area contributed by atoms with E-state index in [0.29, 0.717) is 18.7 Å². The molecule has 1 unspecified atom stereocenters. The number of aryl methyl sites for hydroxylation is 1. The Labute approximate surface area is 124 Å². The van der Waals surface area contributed by atoms with Crippen LogP contribution >= 0.6 is 0 Å². The summed E-state index contributed by atoms with van der Waals surface area (Å²) in [6.45, 7) is 5.21. The van der Waals surface area contributed by atoms with E-state index in [1.165, 1.54) is 22.5 Å². The number of nitrogens with one attached hydrogen (secondary N) is 1. The van der Waals surface area contributed by atoms with Crippen LogP contribution in [0.5, 0.6) is 0 Å². The lowest BCUT2D eigenvalue weighted by Gasteiger charge is -2.26. The summed E-state index contributed by atoms with van der Waals surface area (Å²) in [6.07, 6.45) is 0.777. The summed E-state index contributed by atoms with van der Waals surface area (Å²) < 4.78 is 27.0. The molecule has 21 heavy (non-hydrogen) atoms. The zero-order valence-corrected chi connectivity index (χ0v) is 12.9. The molecule has 1 N–H and O–H groups in total. The molecule has 0 saturated carbocycles. The van der Waals surface area contributed by atoms with Crippen molar-refractivity contribution in [3.8, 4) is 0 Å². The molecule has 116 valence electrons. The molecule has 0 aliphatic carbocycles. The molecule has 2 rings (SSSR count). The van der Waals surface area contributed by atoms with Crippen molar-refractivity contribution in [1.29, 1.82) is 0 Å². The third-order valence-electron chi connectivity index (χ3n) is 3.71. The van der Waals surface area contributed by atoms with Crippen LogP contribution in [0.3, 0.4) is 0 Å². The van der Waals surface area contributed by atoms with Crippen LogP contribution in [-0.4, -0.2) is 43.3 Å². The maximum atomic E-state index is 12.8. The van der Waals surface area contributed by atoms with E-state index in [9.17, 15) is 18.5 Å². The molecule has 0 bridgehead atoms. The molecular weight excluding hydrogens is 294 g/mol. The first-order chi connectivity index (χ1) is 9.87. The quantitative estimate of drug-likeness (QED) is 0.653. The van der Waals surface area contributed by atoms with Gasteiger partial charge in [-0.2, -0.15) is 4.31 Å². The summed E-state index contributed by atoms with van der Waals surface area (Å²) in [4.78, 5) is 10.4. The second-order valence-electron chi connectivity index (χ2n) is 5.06. The Morgan fingerprint density at radius 2 is 2.19 bits per heavy atom. The third kappa shape index (κ3) is 3.07. The molecule has 1 heterocycles. The van der Waals surface area contributed by atoms with Crippen LogP contribution in [-0.2, 0) is 10.0 Å². The topological polar surface area (TPSA) is 92.6 Å². The fraction of sp³-hybridized carbons (Fsp3) is 0.538. The van der Waals surface area contributed by atoms with Gasteiger partial charge < -0.3 is 5.32 Å². The molecule has 1 saturated heterocycles. The van der Waals surface area contributed by atoms with Gasteiger partial charge in [-0.25, -0.2) is 8.42 Å². The highest BCUT2D eigenvalue weighted by atomic mass is 32.2. The fourth-order valence-electron chi connectivity index (χ4n) is 2.67. The fourth-order valence-corrected chi connectivity index (χ4v) is 4.54. The normalized spacial score (nSPS) is 19.1. The lowest BCUT2D eigenvalue weighted by Crippen LogP contribution is -2.41. The minimum absolute atomic E-state index is 0.0606. The van der Waals surface area contributed by atoms with Crippen molar-refractivity contribution in [2.24, 2.45) is 0 Å². The number of benzene rings is 1. The monoisotopic (exact) mass is 313 g/mol. The molecule has 0 radical (unpaired) electrons. The second kappa shape index (κ2) is 6.08. The Morgan fingerprint density at radius 1 is 1.48 bits per heavy atom. The number of nitro benzene ring substituents is 1. The minimum Gasteiger partial charge on any atom is -0.315 e. The van der Waals surface area contributed by atoms with Crippen molar-refractivity contribution >= 4 is 15.7 Å². The number of likely N-dealkylation sites (N-methyl/N-ethyl adjacent to an activating group) is 1. The zero-order valence-electron chi connectivity index (χ0n) is 12.1. The Bertz CT molecular complexity index is 639. The number of rotatable bonds is 5. The van der Waals surface area contributed by atoms with Gasteiger partial charge in [-0.15, -0.1) is 0 Å². The van der Waals surface area contributed by atoms with E-state index < -0.39 is 14.9 Å². The van der Waals surface area contributed by atoms with Crippen molar-refractivity contribution in [2.45, 2.75) is 31.2 Å². The van der Waals surface area contributed by atoms with Crippen LogP contribution < -0.4 is 5.32 Å². The Hall–Kier alpha value is -1.51. The molecule has 1 aromatic rings. The van der Waals surface area contributed by atoms with Crippen LogP contribution in [0, 0.1) is 17.0 Å². The van der Waals surface area contributed by atoms with Crippen molar-refractivity contribution in [1.82, 2.24) is 9.62 Å². The molecular formula is C13H19N3O4S. The summed E-state index contributed by atoms with van der Waals surface area (Å²) in [7, 11) is -3.64. The van der Waals surface area contributed by atoms with Gasteiger partial charge in [0.15, 0.2) is 0 Å². The smallest absolute Gasteiger partial charge is 0.269 e. The summed E-state index contributed by atoms with van der Waals surface area (Å²) in [5, 5.41) is 13.9. The highest BCUT2D eigenvalue weighted by Crippen LogP contribution is 2.26. The van der Waals surface area contributed by atoms with Crippen LogP contribution in [0.15, 0.2) is 23.1 Å². The predicted molar refractivity (Wildman–Crippen MR) is 78.7 cm³/mol. The maximum Gasteiger partial charge on any atom is 0.269 e. The molecule has 1 atom stereocenters. The van der Waals surface area contributed by atoms with Crippen molar-refractivity contribution in [3.63, 3.8) is 0 Å². The number of sulfonamides is 1. The Morgan fingerprint density at radius 3 is 2.67 bits per heavy atom. The van der Waals surface area contributed by atoms with Crippen molar-refractivity contribution < 1.29 is 13.3 Å². The SMILES string of the molecule is CCN(C1CCNC1)S(=O)(=O)c1ccc([N+](=O)[O-])cc1C. The highest BCUT2D eigenvalue weighted by Gasteiger charge is 2.33. The molecule has 0 spiro atoms. The summed E-state index contributed by atoms with van der Waals surface area (Å²) in [6, 6.07) is 3.80. The van der Waals surface area contributed by atoms with Gasteiger partial charge in [0.2, 0.25) is 10.0 Å². The maximum absolute atomic E-state index is 12.8. The third-order valence-corrected chi connectivity index (χ3v) is 5.90. The molecule has 0 aromatic heterocycles. The number of nitro groups is 1. The van der Waals surface area contributed by atoms with Gasteiger partial charge in [0.25, 0.3) is 5.69 Å². The Balaban J connectivity index is 2.40. The van der Waals surface area contributed by atoms with Crippen LogP contribution in [0.4, 0.5) is 5.69 Å². The first-order valence-electron chi connectivity index (χ1n) is 6.85. The van der Waals surface area contributed by atoms with Gasteiger partial charge in [-0.05, 0) is 31.5 Å². The molecule has 8 heteroatoms. The standard InChI is InChI=1S/C13H19N3O4S/c1-3-15(12-6-7-14-9-12)21(19,20)13-5-4-11(16(17)18)8-10(13)2/h4-5,8,12,14H,3,6-7,9H2,1-2H3. The van der Waals surface area contributed by atoms with E-state index in [1.54, 1.807) is 13.8 Å². The molecule has 0 amide bonds. The minimum atomic E-state index is -3.64. The Kier molecular flexibility index (Phi) is 4.60. The predicted octanol–water partition coefficient (Wildman–Crippen LogP) is 1.28. The average molecular weight is 313 g/mol. The lowest BCUT2D eigenvalue weighted by atomic mass is 10.2. The van der Waals surface area contributed by atoms with E-state index in [4.69, 9.17) is 0 Å². The number of non-ortho nitro benzene ring substituents is 1. The van der Waals surface area contributed by atoms with Gasteiger partial charge in [0.05, 0.1) is 9.82 Å². The van der Waals surface area contributed by atoms with E-state index >= 15 is 0 Å². The van der Waals surface area contributed by atoms with E-state index in [1.807, 2.05) is 0 Å². The average Bonchev–Trinajstić information content (AvgIpc) is 2.92. The van der Waals surface area contributed by atoms with Crippen LogP contribution in [0.25, 0.3) is 0 Å². The van der Waals surface area contributed by atoms with Crippen molar-refractivity contribution in [2.75, 3.05) is 19.6 Å². The van der Waals surface area contributed by atoms with Gasteiger partial charge in [0, 0.05) is 31.3 Å². The number of hydrogen-bond donors (Lipinski definition) is 1. The van der Waals surface area contributed by atoms with Gasteiger partial charge in [-0.3, -0.25) is 10.1 Å². The first-order valence-corrected chi connectivity index (χ1v) is 8.29. The summed E-state index contributed by atoms with van der Waals surface area (Å²) in [5.41, 5.74) is 0.297. The van der Waals surface area contributed by atoms with E-state index in [2.05, 4.69) is 5.32 Å². The van der Waals surface area contributed by atoms with E-state index in [-0.39, 0.29) is 16.6 Å². The number of nitrogens with zero attached hydrogens (tertiary/aromatic N) is 2. The molecule has 1 aliphatic rings. The summed E-state index contributed by atoms with van der Waals surface area (Å²) >= 11 is 0. The second-order valence-corrected chi connectivity index (χ2v) is 6.92. The first kappa shape index (κ1) is 15.9. The molecule has 1 aromatic carbocycles.